The van der Waals surface area contributed by atoms with Crippen LogP contribution in [0.1, 0.15) is 53.3 Å². The lowest BCUT2D eigenvalue weighted by atomic mass is 10.2. The second-order valence-electron chi connectivity index (χ2n) is 7.76. The number of aromatic nitrogens is 3. The van der Waals surface area contributed by atoms with Gasteiger partial charge in [-0.05, 0) is 41.5 Å². The number of halogens is 1. The van der Waals surface area contributed by atoms with Crippen LogP contribution in [0.25, 0.3) is 5.65 Å². The molecule has 1 unspecified atom stereocenters. The number of carbonyl (C=O) groups excluding carboxylic acids is 1. The van der Waals surface area contributed by atoms with Crippen LogP contribution < -0.4 is 5.32 Å². The number of amides is 1. The Balaban J connectivity index is 2.24. The Morgan fingerprint density at radius 1 is 1.28 bits per heavy atom. The summed E-state index contributed by atoms with van der Waals surface area (Å²) in [6, 6.07) is 1.22. The molecule has 2 heterocycles. The third-order valence-corrected chi connectivity index (χ3v) is 3.24. The number of rotatable bonds is 4. The fraction of sp³-hybridized carbons (Fsp3) is 0.588. The number of imidazole rings is 1. The van der Waals surface area contributed by atoms with Gasteiger partial charge in [0.2, 0.25) is 0 Å². The molecule has 0 saturated carbocycles. The van der Waals surface area contributed by atoms with Crippen molar-refractivity contribution in [2.75, 3.05) is 6.61 Å². The lowest BCUT2D eigenvalue weighted by Crippen LogP contribution is -2.38. The lowest BCUT2D eigenvalue weighted by Gasteiger charge is -2.26. The van der Waals surface area contributed by atoms with E-state index < -0.39 is 17.7 Å². The molecule has 0 spiro atoms. The highest BCUT2D eigenvalue weighted by atomic mass is 35.5. The maximum atomic E-state index is 12.2. The quantitative estimate of drug-likeness (QED) is 0.888. The maximum Gasteiger partial charge on any atom is 0.408 e. The summed E-state index contributed by atoms with van der Waals surface area (Å²) in [4.78, 5) is 16.7. The van der Waals surface area contributed by atoms with E-state index in [1.165, 1.54) is 6.20 Å². The number of ether oxygens (including phenoxy) is 2. The topological polar surface area (TPSA) is 77.8 Å². The first-order chi connectivity index (χ1) is 11.4. The summed E-state index contributed by atoms with van der Waals surface area (Å²) >= 11 is 5.96. The van der Waals surface area contributed by atoms with Crippen molar-refractivity contribution in [2.45, 2.75) is 58.8 Å². The molecule has 1 amide bonds. The number of hydrogen-bond acceptors (Lipinski definition) is 5. The molecule has 0 fully saturated rings. The van der Waals surface area contributed by atoms with Crippen LogP contribution in [-0.2, 0) is 9.47 Å². The van der Waals surface area contributed by atoms with Crippen LogP contribution in [0.3, 0.4) is 0 Å². The van der Waals surface area contributed by atoms with Gasteiger partial charge in [0, 0.05) is 6.07 Å². The Kier molecular flexibility index (Phi) is 5.58. The number of nitrogens with zero attached hydrogens (tertiary/aromatic N) is 3. The monoisotopic (exact) mass is 368 g/mol. The van der Waals surface area contributed by atoms with Gasteiger partial charge in [0.15, 0.2) is 5.65 Å². The first kappa shape index (κ1) is 19.5. The van der Waals surface area contributed by atoms with Crippen LogP contribution in [0.4, 0.5) is 4.79 Å². The number of nitrogens with one attached hydrogen (secondary N) is 1. The van der Waals surface area contributed by atoms with Crippen LogP contribution in [0.15, 0.2) is 18.5 Å². The van der Waals surface area contributed by atoms with Gasteiger partial charge in [0.1, 0.15) is 5.60 Å². The normalized spacial score (nSPS) is 13.7. The second kappa shape index (κ2) is 7.17. The van der Waals surface area contributed by atoms with Crippen LogP contribution in [0.5, 0.6) is 0 Å². The van der Waals surface area contributed by atoms with Crippen molar-refractivity contribution in [1.29, 1.82) is 0 Å². The molecule has 1 atom stereocenters. The van der Waals surface area contributed by atoms with Gasteiger partial charge in [-0.2, -0.15) is 5.10 Å². The summed E-state index contributed by atoms with van der Waals surface area (Å²) in [6.45, 7) is 11.5. The highest BCUT2D eigenvalue weighted by molar-refractivity contribution is 6.30. The van der Waals surface area contributed by atoms with Gasteiger partial charge in [-0.15, -0.1) is 0 Å². The molecule has 0 aromatic carbocycles. The largest absolute Gasteiger partial charge is 0.444 e. The average Bonchev–Trinajstić information content (AvgIpc) is 2.83. The van der Waals surface area contributed by atoms with Crippen molar-refractivity contribution >= 4 is 23.3 Å². The van der Waals surface area contributed by atoms with E-state index in [9.17, 15) is 4.79 Å². The molecule has 25 heavy (non-hydrogen) atoms. The zero-order chi connectivity index (χ0) is 18.8. The van der Waals surface area contributed by atoms with Crippen molar-refractivity contribution < 1.29 is 14.3 Å². The molecule has 0 aliphatic heterocycles. The van der Waals surface area contributed by atoms with Gasteiger partial charge in [0.25, 0.3) is 0 Å². The summed E-state index contributed by atoms with van der Waals surface area (Å²) in [7, 11) is 0. The van der Waals surface area contributed by atoms with E-state index in [2.05, 4.69) is 15.4 Å². The number of alkyl carbamates (subject to hydrolysis) is 1. The van der Waals surface area contributed by atoms with E-state index in [0.717, 1.165) is 0 Å². The molecule has 0 saturated heterocycles. The van der Waals surface area contributed by atoms with Crippen LogP contribution >= 0.6 is 11.6 Å². The molecular weight excluding hydrogens is 344 g/mol. The van der Waals surface area contributed by atoms with E-state index in [-0.39, 0.29) is 12.2 Å². The molecule has 138 valence electrons. The SMILES string of the molecule is CC(C)(C)OCC(NC(=O)OC(C)(C)C)c1cn2ncc(Cl)cc2n1. The lowest BCUT2D eigenvalue weighted by molar-refractivity contribution is -0.0179. The predicted molar refractivity (Wildman–Crippen MR) is 95.8 cm³/mol. The molecule has 8 heteroatoms. The van der Waals surface area contributed by atoms with E-state index in [4.69, 9.17) is 21.1 Å². The molecule has 0 aliphatic carbocycles. The van der Waals surface area contributed by atoms with Gasteiger partial charge in [-0.3, -0.25) is 0 Å². The zero-order valence-corrected chi connectivity index (χ0v) is 16.2. The minimum absolute atomic E-state index is 0.250. The third-order valence-electron chi connectivity index (χ3n) is 3.04. The first-order valence-corrected chi connectivity index (χ1v) is 8.45. The molecule has 1 N–H and O–H groups in total. The van der Waals surface area contributed by atoms with E-state index in [0.29, 0.717) is 16.4 Å². The predicted octanol–water partition coefficient (Wildman–Crippen LogP) is 3.76. The van der Waals surface area contributed by atoms with E-state index in [1.54, 1.807) is 16.8 Å². The summed E-state index contributed by atoms with van der Waals surface area (Å²) in [5.41, 5.74) is 0.265. The minimum Gasteiger partial charge on any atom is -0.444 e. The first-order valence-electron chi connectivity index (χ1n) is 8.07. The van der Waals surface area contributed by atoms with Gasteiger partial charge < -0.3 is 14.8 Å². The molecule has 0 bridgehead atoms. The summed E-state index contributed by atoms with van der Waals surface area (Å²) < 4.78 is 12.8. The molecule has 0 radical (unpaired) electrons. The van der Waals surface area contributed by atoms with Gasteiger partial charge in [-0.1, -0.05) is 11.6 Å². The Labute approximate surface area is 152 Å². The van der Waals surface area contributed by atoms with E-state index in [1.807, 2.05) is 41.5 Å². The van der Waals surface area contributed by atoms with Crippen molar-refractivity contribution in [3.05, 3.63) is 29.2 Å². The molecule has 2 rings (SSSR count). The average molecular weight is 369 g/mol. The molecule has 0 aliphatic rings. The fourth-order valence-electron chi connectivity index (χ4n) is 2.02. The fourth-order valence-corrected chi connectivity index (χ4v) is 2.17. The van der Waals surface area contributed by atoms with Crippen LogP contribution in [0.2, 0.25) is 5.02 Å². The Morgan fingerprint density at radius 3 is 2.56 bits per heavy atom. The zero-order valence-electron chi connectivity index (χ0n) is 15.5. The molecule has 7 nitrogen and oxygen atoms in total. The summed E-state index contributed by atoms with van der Waals surface area (Å²) in [6.07, 6.45) is 2.74. The third kappa shape index (κ3) is 6.17. The summed E-state index contributed by atoms with van der Waals surface area (Å²) in [5.74, 6) is 0. The number of hydrogen-bond donors (Lipinski definition) is 1. The minimum atomic E-state index is -0.590. The maximum absolute atomic E-state index is 12.2. The van der Waals surface area contributed by atoms with Crippen molar-refractivity contribution in [3.8, 4) is 0 Å². The molecular formula is C17H25ClN4O3. The van der Waals surface area contributed by atoms with Crippen molar-refractivity contribution in [3.63, 3.8) is 0 Å². The Hall–Kier alpha value is -1.86. The van der Waals surface area contributed by atoms with E-state index >= 15 is 0 Å². The number of fused-ring (bicyclic) bond motifs is 1. The van der Waals surface area contributed by atoms with Crippen molar-refractivity contribution in [2.24, 2.45) is 0 Å². The Bertz CT molecular complexity index is 746. The molecule has 2 aromatic rings. The van der Waals surface area contributed by atoms with Gasteiger partial charge in [0.05, 0.1) is 41.4 Å². The van der Waals surface area contributed by atoms with Crippen LogP contribution in [-0.4, -0.2) is 38.5 Å². The standard InChI is InChI=1S/C17H25ClN4O3/c1-16(2,3)24-10-13(21-15(23)25-17(4,5)6)12-9-22-14(20-12)7-11(18)8-19-22/h7-9,13H,10H2,1-6H3,(H,21,23). The summed E-state index contributed by atoms with van der Waals surface area (Å²) in [5, 5.41) is 7.48. The highest BCUT2D eigenvalue weighted by Gasteiger charge is 2.24. The second-order valence-corrected chi connectivity index (χ2v) is 8.20. The Morgan fingerprint density at radius 2 is 1.96 bits per heavy atom. The van der Waals surface area contributed by atoms with Gasteiger partial charge >= 0.3 is 6.09 Å². The van der Waals surface area contributed by atoms with Crippen LogP contribution in [0, 0.1) is 0 Å². The number of carbonyl (C=O) groups is 1. The van der Waals surface area contributed by atoms with Gasteiger partial charge in [-0.25, -0.2) is 14.3 Å². The van der Waals surface area contributed by atoms with Crippen molar-refractivity contribution in [1.82, 2.24) is 19.9 Å². The highest BCUT2D eigenvalue weighted by Crippen LogP contribution is 2.19. The smallest absolute Gasteiger partial charge is 0.408 e. The molecule has 2 aromatic heterocycles.